The molecule has 0 spiro atoms. The zero-order valence-corrected chi connectivity index (χ0v) is 12.2. The molecule has 0 fully saturated rings. The first kappa shape index (κ1) is 14.4. The normalized spacial score (nSPS) is 11.9. The highest BCUT2D eigenvalue weighted by molar-refractivity contribution is 7.15. The van der Waals surface area contributed by atoms with Crippen LogP contribution in [0.1, 0.15) is 37.8 Å². The van der Waals surface area contributed by atoms with E-state index in [0.717, 1.165) is 22.1 Å². The van der Waals surface area contributed by atoms with Crippen molar-refractivity contribution in [3.05, 3.63) is 10.6 Å². The van der Waals surface area contributed by atoms with Crippen LogP contribution in [0, 0.1) is 0 Å². The van der Waals surface area contributed by atoms with Gasteiger partial charge in [-0.15, -0.1) is 11.3 Å². The summed E-state index contributed by atoms with van der Waals surface area (Å²) < 4.78 is 5.15. The number of aromatic nitrogens is 1. The van der Waals surface area contributed by atoms with Crippen molar-refractivity contribution in [2.24, 2.45) is 5.73 Å². The molecule has 0 saturated carbocycles. The third-order valence-corrected chi connectivity index (χ3v) is 4.49. The van der Waals surface area contributed by atoms with Crippen molar-refractivity contribution in [1.82, 2.24) is 4.98 Å². The summed E-state index contributed by atoms with van der Waals surface area (Å²) in [6.07, 6.45) is 1.07. The molecule has 0 bridgehead atoms. The van der Waals surface area contributed by atoms with Crippen molar-refractivity contribution in [2.45, 2.75) is 45.9 Å². The van der Waals surface area contributed by atoms with E-state index in [4.69, 9.17) is 10.5 Å². The number of thiazole rings is 1. The van der Waals surface area contributed by atoms with Crippen molar-refractivity contribution in [3.63, 3.8) is 0 Å². The third kappa shape index (κ3) is 3.18. The lowest BCUT2D eigenvalue weighted by Gasteiger charge is -2.34. The molecule has 5 heteroatoms. The van der Waals surface area contributed by atoms with Gasteiger partial charge in [0.15, 0.2) is 5.13 Å². The maximum atomic E-state index is 5.73. The Hall–Kier alpha value is -0.650. The fourth-order valence-electron chi connectivity index (χ4n) is 1.42. The van der Waals surface area contributed by atoms with Crippen LogP contribution in [-0.4, -0.2) is 24.7 Å². The first-order chi connectivity index (χ1) is 7.96. The van der Waals surface area contributed by atoms with E-state index in [1.165, 1.54) is 0 Å². The van der Waals surface area contributed by atoms with Crippen LogP contribution in [0.5, 0.6) is 0 Å². The Bertz CT molecular complexity index is 363. The van der Waals surface area contributed by atoms with Gasteiger partial charge in [0.05, 0.1) is 12.3 Å². The highest BCUT2D eigenvalue weighted by atomic mass is 32.1. The van der Waals surface area contributed by atoms with Crippen molar-refractivity contribution in [3.8, 4) is 0 Å². The van der Waals surface area contributed by atoms with E-state index in [2.05, 4.69) is 37.7 Å². The number of nitrogens with zero attached hydrogens (tertiary/aromatic N) is 2. The van der Waals surface area contributed by atoms with Crippen LogP contribution < -0.4 is 10.6 Å². The van der Waals surface area contributed by atoms with Crippen molar-refractivity contribution in [1.29, 1.82) is 0 Å². The molecule has 0 amide bonds. The molecule has 1 rings (SSSR count). The Labute approximate surface area is 108 Å². The van der Waals surface area contributed by atoms with Crippen LogP contribution in [0.4, 0.5) is 5.13 Å². The molecule has 17 heavy (non-hydrogen) atoms. The third-order valence-electron chi connectivity index (χ3n) is 3.29. The number of ether oxygens (including phenoxy) is 1. The predicted octanol–water partition coefficient (Wildman–Crippen LogP) is 2.37. The molecule has 0 atom stereocenters. The van der Waals surface area contributed by atoms with Crippen LogP contribution >= 0.6 is 11.3 Å². The molecule has 1 heterocycles. The summed E-state index contributed by atoms with van der Waals surface area (Å²) >= 11 is 1.66. The molecule has 98 valence electrons. The van der Waals surface area contributed by atoms with Gasteiger partial charge < -0.3 is 15.4 Å². The Kier molecular flexibility index (Phi) is 4.91. The van der Waals surface area contributed by atoms with E-state index in [9.17, 15) is 0 Å². The first-order valence-corrected chi connectivity index (χ1v) is 6.69. The monoisotopic (exact) mass is 257 g/mol. The second-order valence-electron chi connectivity index (χ2n) is 4.73. The van der Waals surface area contributed by atoms with E-state index in [0.29, 0.717) is 13.2 Å². The highest BCUT2D eigenvalue weighted by Gasteiger charge is 2.24. The first-order valence-electron chi connectivity index (χ1n) is 5.87. The topological polar surface area (TPSA) is 51.4 Å². The van der Waals surface area contributed by atoms with Gasteiger partial charge in [-0.3, -0.25) is 0 Å². The molecule has 1 aromatic heterocycles. The lowest BCUT2D eigenvalue weighted by molar-refractivity contribution is 0.181. The number of methoxy groups -OCH3 is 1. The molecule has 0 unspecified atom stereocenters. The lowest BCUT2D eigenvalue weighted by atomic mass is 10.0. The van der Waals surface area contributed by atoms with Gasteiger partial charge in [0.2, 0.25) is 0 Å². The zero-order chi connectivity index (χ0) is 13.1. The predicted molar refractivity (Wildman–Crippen MR) is 73.5 cm³/mol. The molecule has 0 aliphatic carbocycles. The van der Waals surface area contributed by atoms with Crippen LogP contribution in [0.2, 0.25) is 0 Å². The smallest absolute Gasteiger partial charge is 0.186 e. The summed E-state index contributed by atoms with van der Waals surface area (Å²) in [6, 6.07) is 0. The molecule has 0 aromatic carbocycles. The average molecular weight is 257 g/mol. The van der Waals surface area contributed by atoms with Crippen LogP contribution in [0.15, 0.2) is 0 Å². The summed E-state index contributed by atoms with van der Waals surface area (Å²) in [5.41, 5.74) is 6.80. The zero-order valence-electron chi connectivity index (χ0n) is 11.4. The van der Waals surface area contributed by atoms with Crippen molar-refractivity contribution in [2.75, 3.05) is 19.1 Å². The van der Waals surface area contributed by atoms with Crippen LogP contribution in [0.3, 0.4) is 0 Å². The lowest BCUT2D eigenvalue weighted by Crippen LogP contribution is -2.40. The van der Waals surface area contributed by atoms with Gasteiger partial charge in [0.1, 0.15) is 0 Å². The second-order valence-corrected chi connectivity index (χ2v) is 5.79. The number of nitrogens with two attached hydrogens (primary N) is 1. The number of hydrogen-bond acceptors (Lipinski definition) is 5. The molecule has 0 aliphatic rings. The minimum Gasteiger partial charge on any atom is -0.378 e. The second kappa shape index (κ2) is 5.80. The van der Waals surface area contributed by atoms with E-state index < -0.39 is 0 Å². The molecule has 0 saturated heterocycles. The Morgan fingerprint density at radius 1 is 1.47 bits per heavy atom. The van der Waals surface area contributed by atoms with Crippen molar-refractivity contribution < 1.29 is 4.74 Å². The van der Waals surface area contributed by atoms with Crippen LogP contribution in [0.25, 0.3) is 0 Å². The Morgan fingerprint density at radius 3 is 2.59 bits per heavy atom. The maximum Gasteiger partial charge on any atom is 0.186 e. The van der Waals surface area contributed by atoms with Gasteiger partial charge in [0.25, 0.3) is 0 Å². The van der Waals surface area contributed by atoms with Gasteiger partial charge in [-0.05, 0) is 20.3 Å². The average Bonchev–Trinajstić information content (AvgIpc) is 2.71. The SMILES string of the molecule is CCC(C)(C)N(C)c1nc(COC)c(CN)s1. The van der Waals surface area contributed by atoms with Gasteiger partial charge in [-0.1, -0.05) is 6.92 Å². The molecule has 0 aliphatic heterocycles. The van der Waals surface area contributed by atoms with Gasteiger partial charge in [-0.2, -0.15) is 0 Å². The van der Waals surface area contributed by atoms with Crippen LogP contribution in [-0.2, 0) is 17.9 Å². The van der Waals surface area contributed by atoms with Crippen molar-refractivity contribution >= 4 is 16.5 Å². The van der Waals surface area contributed by atoms with E-state index >= 15 is 0 Å². The summed E-state index contributed by atoms with van der Waals surface area (Å²) in [5, 5.41) is 1.02. The minimum absolute atomic E-state index is 0.105. The number of anilines is 1. The Balaban J connectivity index is 2.99. The molecule has 2 N–H and O–H groups in total. The standard InChI is InChI=1S/C12H23N3OS/c1-6-12(2,3)15(4)11-14-9(8-16-5)10(7-13)17-11/h6-8,13H2,1-5H3. The number of hydrogen-bond donors (Lipinski definition) is 1. The number of rotatable bonds is 6. The molecular formula is C12H23N3OS. The van der Waals surface area contributed by atoms with Gasteiger partial charge in [0, 0.05) is 31.1 Å². The van der Waals surface area contributed by atoms with E-state index in [1.54, 1.807) is 18.4 Å². The summed E-state index contributed by atoms with van der Waals surface area (Å²) in [4.78, 5) is 7.95. The molecule has 0 radical (unpaired) electrons. The molecular weight excluding hydrogens is 234 g/mol. The van der Waals surface area contributed by atoms with Gasteiger partial charge >= 0.3 is 0 Å². The summed E-state index contributed by atoms with van der Waals surface area (Å²) in [6.45, 7) is 7.67. The molecule has 4 nitrogen and oxygen atoms in total. The quantitative estimate of drug-likeness (QED) is 0.850. The molecule has 1 aromatic rings. The van der Waals surface area contributed by atoms with E-state index in [1.807, 2.05) is 0 Å². The maximum absolute atomic E-state index is 5.73. The highest BCUT2D eigenvalue weighted by Crippen LogP contribution is 2.31. The summed E-state index contributed by atoms with van der Waals surface area (Å²) in [5.74, 6) is 0. The van der Waals surface area contributed by atoms with E-state index in [-0.39, 0.29) is 5.54 Å². The van der Waals surface area contributed by atoms with Gasteiger partial charge in [-0.25, -0.2) is 4.98 Å². The fourth-order valence-corrected chi connectivity index (χ4v) is 2.48. The fraction of sp³-hybridized carbons (Fsp3) is 0.750. The summed E-state index contributed by atoms with van der Waals surface area (Å²) in [7, 11) is 3.76. The minimum atomic E-state index is 0.105. The Morgan fingerprint density at radius 2 is 2.12 bits per heavy atom. The largest absolute Gasteiger partial charge is 0.378 e.